The van der Waals surface area contributed by atoms with Crippen LogP contribution in [0.2, 0.25) is 5.02 Å². The van der Waals surface area contributed by atoms with Gasteiger partial charge in [0.05, 0.1) is 5.02 Å². The molecule has 0 saturated carbocycles. The molecule has 0 aliphatic heterocycles. The van der Waals surface area contributed by atoms with E-state index in [1.807, 2.05) is 0 Å². The predicted octanol–water partition coefficient (Wildman–Crippen LogP) is 5.03. The lowest BCUT2D eigenvalue weighted by Crippen LogP contribution is -2.26. The summed E-state index contributed by atoms with van der Waals surface area (Å²) in [6.45, 7) is 3.97. The minimum Gasteiger partial charge on any atom is -0.488 e. The number of carboxylic acids is 1. The Bertz CT molecular complexity index is 972. The summed E-state index contributed by atoms with van der Waals surface area (Å²) in [6.07, 6.45) is 0.967. The van der Waals surface area contributed by atoms with E-state index in [4.69, 9.17) is 26.2 Å². The van der Waals surface area contributed by atoms with Gasteiger partial charge in [0, 0.05) is 24.7 Å². The molecule has 0 aliphatic carbocycles. The highest BCUT2D eigenvalue weighted by molar-refractivity contribution is 6.32. The van der Waals surface area contributed by atoms with E-state index in [1.165, 1.54) is 0 Å². The number of halogens is 3. The highest BCUT2D eigenvalue weighted by atomic mass is 35.5. The molecule has 2 aromatic rings. The fourth-order valence-electron chi connectivity index (χ4n) is 2.53. The predicted molar refractivity (Wildman–Crippen MR) is 111 cm³/mol. The molecule has 2 rings (SSSR count). The Morgan fingerprint density at radius 3 is 2.53 bits per heavy atom. The Kier molecular flexibility index (Phi) is 8.85. The Hall–Kier alpha value is -2.88. The molecule has 1 unspecified atom stereocenters. The van der Waals surface area contributed by atoms with Crippen molar-refractivity contribution in [1.82, 2.24) is 0 Å². The molecule has 0 fully saturated rings. The van der Waals surface area contributed by atoms with Crippen LogP contribution in [0.3, 0.4) is 0 Å². The van der Waals surface area contributed by atoms with Crippen LogP contribution in [0.25, 0.3) is 0 Å². The third-order valence-electron chi connectivity index (χ3n) is 3.96. The zero-order valence-electron chi connectivity index (χ0n) is 16.5. The second kappa shape index (κ2) is 11.3. The van der Waals surface area contributed by atoms with Gasteiger partial charge in [-0.2, -0.15) is 0 Å². The molecule has 0 saturated heterocycles. The minimum absolute atomic E-state index is 0.188. The van der Waals surface area contributed by atoms with Gasteiger partial charge in [-0.25, -0.2) is 13.6 Å². The number of ether oxygens (including phenoxy) is 2. The molecule has 1 atom stereocenters. The molecule has 7 heteroatoms. The topological polar surface area (TPSA) is 55.8 Å². The summed E-state index contributed by atoms with van der Waals surface area (Å²) in [6, 6.07) is 8.12. The average molecular weight is 435 g/mol. The molecular formula is C23H21ClF2O4. The Labute approximate surface area is 179 Å². The summed E-state index contributed by atoms with van der Waals surface area (Å²) in [4.78, 5) is 11.2. The molecule has 0 amide bonds. The van der Waals surface area contributed by atoms with E-state index in [0.717, 1.165) is 18.2 Å². The van der Waals surface area contributed by atoms with Gasteiger partial charge in [-0.3, -0.25) is 0 Å². The molecule has 1 N–H and O–H groups in total. The fraction of sp³-hybridized carbons (Fsp3) is 0.261. The normalized spacial score (nSPS) is 12.1. The van der Waals surface area contributed by atoms with Crippen LogP contribution in [0.5, 0.6) is 5.75 Å². The number of hydrogen-bond donors (Lipinski definition) is 1. The van der Waals surface area contributed by atoms with E-state index in [2.05, 4.69) is 11.8 Å². The van der Waals surface area contributed by atoms with Crippen LogP contribution in [0.15, 0.2) is 48.0 Å². The first-order chi connectivity index (χ1) is 14.3. The van der Waals surface area contributed by atoms with Crippen LogP contribution in [-0.2, 0) is 16.0 Å². The summed E-state index contributed by atoms with van der Waals surface area (Å²) in [5, 5.41) is 9.51. The van der Waals surface area contributed by atoms with E-state index in [0.29, 0.717) is 28.5 Å². The molecule has 0 aliphatic rings. The second-order valence-corrected chi connectivity index (χ2v) is 6.76. The minimum atomic E-state index is -1.03. The molecule has 4 nitrogen and oxygen atoms in total. The maximum atomic E-state index is 13.2. The van der Waals surface area contributed by atoms with Crippen molar-refractivity contribution in [3.63, 3.8) is 0 Å². The van der Waals surface area contributed by atoms with E-state index in [9.17, 15) is 13.6 Å². The Morgan fingerprint density at radius 2 is 1.93 bits per heavy atom. The first-order valence-corrected chi connectivity index (χ1v) is 9.56. The third kappa shape index (κ3) is 7.51. The summed E-state index contributed by atoms with van der Waals surface area (Å²) >= 11 is 6.22. The van der Waals surface area contributed by atoms with E-state index < -0.39 is 23.7 Å². The number of benzene rings is 2. The number of carbonyl (C=O) groups is 1. The van der Waals surface area contributed by atoms with E-state index in [-0.39, 0.29) is 18.6 Å². The number of rotatable bonds is 8. The summed E-state index contributed by atoms with van der Waals surface area (Å²) in [5.74, 6) is 3.54. The zero-order valence-corrected chi connectivity index (χ0v) is 17.3. The van der Waals surface area contributed by atoms with Gasteiger partial charge in [0.25, 0.3) is 0 Å². The van der Waals surface area contributed by atoms with E-state index in [1.54, 1.807) is 38.1 Å². The van der Waals surface area contributed by atoms with Crippen molar-refractivity contribution < 1.29 is 28.2 Å². The lowest BCUT2D eigenvalue weighted by atomic mass is 10.1. The molecular weight excluding hydrogens is 414 g/mol. The molecule has 158 valence electrons. The molecule has 0 aromatic heterocycles. The van der Waals surface area contributed by atoms with Crippen molar-refractivity contribution in [3.05, 3.63) is 75.8 Å². The number of aliphatic carboxylic acids is 1. The van der Waals surface area contributed by atoms with Gasteiger partial charge in [-0.15, -0.1) is 0 Å². The smallest absolute Gasteiger partial charge is 0.333 e. The van der Waals surface area contributed by atoms with Gasteiger partial charge in [0.15, 0.2) is 6.10 Å². The molecule has 0 bridgehead atoms. The SMILES string of the molecule is CCOC(Cc1ccc(OCC=C(C)C#Cc2cc(F)cc(F)c2)c(Cl)c1)C(=O)O. The van der Waals surface area contributed by atoms with Crippen LogP contribution in [0.4, 0.5) is 8.78 Å². The van der Waals surface area contributed by atoms with Crippen molar-refractivity contribution in [2.75, 3.05) is 13.2 Å². The van der Waals surface area contributed by atoms with Crippen molar-refractivity contribution >= 4 is 17.6 Å². The molecule has 0 spiro atoms. The fourth-order valence-corrected chi connectivity index (χ4v) is 2.78. The van der Waals surface area contributed by atoms with Crippen LogP contribution >= 0.6 is 11.6 Å². The zero-order chi connectivity index (χ0) is 22.1. The Morgan fingerprint density at radius 1 is 1.23 bits per heavy atom. The highest BCUT2D eigenvalue weighted by Gasteiger charge is 2.18. The standard InChI is InChI=1S/C23H21ClF2O4/c1-3-29-22(23(27)28)13-17-6-7-21(20(24)12-17)30-9-8-15(2)4-5-16-10-18(25)14-19(26)11-16/h6-8,10-12,14,22H,3,9,13H2,1-2H3,(H,27,28). The maximum Gasteiger partial charge on any atom is 0.333 e. The first-order valence-electron chi connectivity index (χ1n) is 9.19. The van der Waals surface area contributed by atoms with E-state index >= 15 is 0 Å². The van der Waals surface area contributed by atoms with Crippen LogP contribution in [0.1, 0.15) is 25.0 Å². The Balaban J connectivity index is 1.97. The van der Waals surface area contributed by atoms with Gasteiger partial charge in [-0.1, -0.05) is 29.5 Å². The van der Waals surface area contributed by atoms with Crippen LogP contribution in [0, 0.1) is 23.5 Å². The van der Waals surface area contributed by atoms with Gasteiger partial charge < -0.3 is 14.6 Å². The van der Waals surface area contributed by atoms with Crippen molar-refractivity contribution in [1.29, 1.82) is 0 Å². The van der Waals surface area contributed by atoms with Crippen molar-refractivity contribution in [3.8, 4) is 17.6 Å². The first kappa shape index (κ1) is 23.4. The molecule has 30 heavy (non-hydrogen) atoms. The number of hydrogen-bond acceptors (Lipinski definition) is 3. The largest absolute Gasteiger partial charge is 0.488 e. The maximum absolute atomic E-state index is 13.2. The second-order valence-electron chi connectivity index (χ2n) is 6.36. The lowest BCUT2D eigenvalue weighted by molar-refractivity contribution is -0.149. The van der Waals surface area contributed by atoms with Crippen LogP contribution < -0.4 is 4.74 Å². The molecule has 0 heterocycles. The molecule has 0 radical (unpaired) electrons. The van der Waals surface area contributed by atoms with Gasteiger partial charge in [0.1, 0.15) is 24.0 Å². The van der Waals surface area contributed by atoms with Crippen molar-refractivity contribution in [2.24, 2.45) is 0 Å². The summed E-state index contributed by atoms with van der Waals surface area (Å²) in [7, 11) is 0. The average Bonchev–Trinajstić information content (AvgIpc) is 2.67. The van der Waals surface area contributed by atoms with Crippen molar-refractivity contribution in [2.45, 2.75) is 26.4 Å². The lowest BCUT2D eigenvalue weighted by Gasteiger charge is -2.13. The van der Waals surface area contributed by atoms with Gasteiger partial charge in [-0.05, 0) is 55.3 Å². The number of carboxylic acid groups (broad SMARTS) is 1. The van der Waals surface area contributed by atoms with Gasteiger partial charge in [0.2, 0.25) is 0 Å². The van der Waals surface area contributed by atoms with Gasteiger partial charge >= 0.3 is 5.97 Å². The quantitative estimate of drug-likeness (QED) is 0.592. The third-order valence-corrected chi connectivity index (χ3v) is 4.25. The summed E-state index contributed by atoms with van der Waals surface area (Å²) < 4.78 is 37.1. The monoisotopic (exact) mass is 434 g/mol. The molecule has 2 aromatic carbocycles. The summed E-state index contributed by atoms with van der Waals surface area (Å²) in [5.41, 5.74) is 1.62. The van der Waals surface area contributed by atoms with Crippen LogP contribution in [-0.4, -0.2) is 30.4 Å². The number of allylic oxidation sites excluding steroid dienone is 1. The highest BCUT2D eigenvalue weighted by Crippen LogP contribution is 2.26.